The van der Waals surface area contributed by atoms with Crippen molar-refractivity contribution in [3.05, 3.63) is 65.2 Å². The molecule has 9 heteroatoms. The van der Waals surface area contributed by atoms with Gasteiger partial charge in [0.25, 0.3) is 5.91 Å². The van der Waals surface area contributed by atoms with Gasteiger partial charge < -0.3 is 15.0 Å². The third-order valence-corrected chi connectivity index (χ3v) is 6.21. The molecule has 0 saturated carbocycles. The number of ether oxygens (including phenoxy) is 1. The van der Waals surface area contributed by atoms with Gasteiger partial charge in [-0.25, -0.2) is 19.3 Å². The summed E-state index contributed by atoms with van der Waals surface area (Å²) < 4.78 is 21.1. The molecule has 0 spiro atoms. The summed E-state index contributed by atoms with van der Waals surface area (Å²) in [6, 6.07) is 12.3. The van der Waals surface area contributed by atoms with E-state index in [-0.39, 0.29) is 24.9 Å². The highest BCUT2D eigenvalue weighted by Gasteiger charge is 2.12. The van der Waals surface area contributed by atoms with Crippen LogP contribution in [0.3, 0.4) is 0 Å². The molecule has 34 heavy (non-hydrogen) atoms. The lowest BCUT2D eigenvalue weighted by Gasteiger charge is -2.18. The summed E-state index contributed by atoms with van der Waals surface area (Å²) in [5.74, 6) is 1.17. The second-order valence-electron chi connectivity index (χ2n) is 7.68. The molecule has 0 unspecified atom stereocenters. The van der Waals surface area contributed by atoms with E-state index in [0.717, 1.165) is 21.5 Å². The van der Waals surface area contributed by atoms with Gasteiger partial charge in [-0.3, -0.25) is 4.79 Å². The van der Waals surface area contributed by atoms with Crippen molar-refractivity contribution >= 4 is 33.3 Å². The van der Waals surface area contributed by atoms with Gasteiger partial charge in [0.05, 0.1) is 21.4 Å². The van der Waals surface area contributed by atoms with Crippen molar-refractivity contribution in [2.24, 2.45) is 0 Å². The minimum atomic E-state index is -0.364. The third-order valence-electron chi connectivity index (χ3n) is 5.42. The number of carbonyl (C=O) groups excluding carboxylic acids is 1. The average Bonchev–Trinajstić information content (AvgIpc) is 3.31. The number of hydrogen-bond donors (Lipinski definition) is 1. The molecule has 176 valence electrons. The number of rotatable bonds is 9. The summed E-state index contributed by atoms with van der Waals surface area (Å²) in [6.45, 7) is 7.02. The number of halogens is 1. The summed E-state index contributed by atoms with van der Waals surface area (Å²) >= 11 is 1.58. The van der Waals surface area contributed by atoms with Gasteiger partial charge in [0.2, 0.25) is 0 Å². The Morgan fingerprint density at radius 2 is 1.94 bits per heavy atom. The highest BCUT2D eigenvalue weighted by atomic mass is 32.1. The summed E-state index contributed by atoms with van der Waals surface area (Å²) in [6.07, 6.45) is 0. The number of aromatic nitrogens is 3. The first-order valence-electron chi connectivity index (χ1n) is 11.1. The van der Waals surface area contributed by atoms with Gasteiger partial charge in [-0.2, -0.15) is 0 Å². The van der Waals surface area contributed by atoms with E-state index < -0.39 is 0 Å². The van der Waals surface area contributed by atoms with Crippen LogP contribution < -0.4 is 10.1 Å². The molecule has 0 saturated heterocycles. The van der Waals surface area contributed by atoms with E-state index in [2.05, 4.69) is 26.3 Å². The second kappa shape index (κ2) is 10.6. The van der Waals surface area contributed by atoms with Gasteiger partial charge >= 0.3 is 0 Å². The number of nitrogens with one attached hydrogen (secondary N) is 1. The maximum Gasteiger partial charge on any atom is 0.260 e. The lowest BCUT2D eigenvalue weighted by Crippen LogP contribution is -2.34. The van der Waals surface area contributed by atoms with Gasteiger partial charge in [-0.1, -0.05) is 6.07 Å². The fourth-order valence-electron chi connectivity index (χ4n) is 3.60. The highest BCUT2D eigenvalue weighted by molar-refractivity contribution is 7.16. The van der Waals surface area contributed by atoms with Crippen LogP contribution in [0.15, 0.2) is 48.0 Å². The molecule has 0 bridgehead atoms. The molecule has 0 fully saturated rings. The molecule has 4 aromatic rings. The monoisotopic (exact) mass is 479 g/mol. The van der Waals surface area contributed by atoms with Crippen LogP contribution in [-0.4, -0.2) is 45.5 Å². The number of benzene rings is 2. The molecule has 1 amide bonds. The summed E-state index contributed by atoms with van der Waals surface area (Å²) in [4.78, 5) is 27.2. The zero-order valence-corrected chi connectivity index (χ0v) is 20.2. The molecule has 0 radical (unpaired) electrons. The first-order valence-corrected chi connectivity index (χ1v) is 12.0. The Bertz CT molecular complexity index is 1310. The molecule has 0 aliphatic rings. The Balaban J connectivity index is 1.46. The van der Waals surface area contributed by atoms with E-state index >= 15 is 0 Å². The number of fused-ring (bicyclic) bond motifs is 1. The fraction of sp³-hybridized carbons (Fsp3) is 0.280. The topological polar surface area (TPSA) is 80.2 Å². The second-order valence-corrected chi connectivity index (χ2v) is 8.57. The zero-order chi connectivity index (χ0) is 24.1. The number of nitrogens with zero attached hydrogens (tertiary/aromatic N) is 4. The number of anilines is 1. The highest BCUT2D eigenvalue weighted by Crippen LogP contribution is 2.27. The number of amides is 1. The van der Waals surface area contributed by atoms with Gasteiger partial charge in [-0.15, -0.1) is 11.3 Å². The van der Waals surface area contributed by atoms with Crippen LogP contribution in [0.5, 0.6) is 5.75 Å². The van der Waals surface area contributed by atoms with Crippen molar-refractivity contribution in [3.63, 3.8) is 0 Å². The van der Waals surface area contributed by atoms with E-state index in [0.29, 0.717) is 36.0 Å². The Morgan fingerprint density at radius 3 is 2.74 bits per heavy atom. The lowest BCUT2D eigenvalue weighted by molar-refractivity contribution is -0.132. The van der Waals surface area contributed by atoms with Crippen LogP contribution in [0.1, 0.15) is 25.2 Å². The molecular weight excluding hydrogens is 453 g/mol. The molecule has 4 rings (SSSR count). The lowest BCUT2D eigenvalue weighted by atomic mass is 10.1. The quantitative estimate of drug-likeness (QED) is 0.361. The van der Waals surface area contributed by atoms with E-state index in [1.807, 2.05) is 44.5 Å². The normalized spacial score (nSPS) is 10.9. The van der Waals surface area contributed by atoms with Crippen LogP contribution >= 0.6 is 11.3 Å². The summed E-state index contributed by atoms with van der Waals surface area (Å²) in [7, 11) is 0. The average molecular weight is 480 g/mol. The Labute approximate surface area is 201 Å². The number of likely N-dealkylation sites (N-methyl/N-ethyl adjacent to an activating group) is 1. The Hall–Kier alpha value is -3.59. The minimum absolute atomic E-state index is 0.0846. The maximum atomic E-state index is 14.4. The van der Waals surface area contributed by atoms with E-state index in [9.17, 15) is 9.18 Å². The van der Waals surface area contributed by atoms with E-state index in [1.165, 1.54) is 12.1 Å². The Kier molecular flexibility index (Phi) is 7.32. The van der Waals surface area contributed by atoms with Crippen LogP contribution in [-0.2, 0) is 11.3 Å². The Morgan fingerprint density at radius 1 is 1.12 bits per heavy atom. The fourth-order valence-corrected chi connectivity index (χ4v) is 4.31. The van der Waals surface area contributed by atoms with Crippen molar-refractivity contribution in [3.8, 4) is 17.0 Å². The van der Waals surface area contributed by atoms with Gasteiger partial charge in [0.1, 0.15) is 23.2 Å². The molecule has 7 nitrogen and oxygen atoms in total. The first kappa shape index (κ1) is 23.6. The number of hydrogen-bond acceptors (Lipinski definition) is 7. The van der Waals surface area contributed by atoms with Crippen molar-refractivity contribution < 1.29 is 13.9 Å². The van der Waals surface area contributed by atoms with E-state index in [1.54, 1.807) is 22.3 Å². The molecule has 2 aromatic carbocycles. The van der Waals surface area contributed by atoms with E-state index in [4.69, 9.17) is 4.74 Å². The largest absolute Gasteiger partial charge is 0.484 e. The predicted molar refractivity (Wildman–Crippen MR) is 133 cm³/mol. The molecule has 0 atom stereocenters. The smallest absolute Gasteiger partial charge is 0.260 e. The standard InChI is InChI=1S/C25H26FN5O2S/c1-4-31(5-2)25(32)14-33-19-7-8-20(26)18(10-19)13-27-24-12-22(29-16(3)30-24)17-6-9-21-23(11-17)34-15-28-21/h6-12,15H,4-5,13-14H2,1-3H3,(H,27,29,30). The third kappa shape index (κ3) is 5.48. The van der Waals surface area contributed by atoms with Gasteiger partial charge in [-0.05, 0) is 51.1 Å². The number of aryl methyl sites for hydroxylation is 1. The molecule has 2 heterocycles. The molecule has 1 N–H and O–H groups in total. The zero-order valence-electron chi connectivity index (χ0n) is 19.3. The molecule has 2 aromatic heterocycles. The van der Waals surface area contributed by atoms with Crippen LogP contribution in [0.2, 0.25) is 0 Å². The van der Waals surface area contributed by atoms with Crippen molar-refractivity contribution in [2.45, 2.75) is 27.3 Å². The van der Waals surface area contributed by atoms with Crippen molar-refractivity contribution in [2.75, 3.05) is 25.0 Å². The maximum absolute atomic E-state index is 14.4. The van der Waals surface area contributed by atoms with Gasteiger partial charge in [0, 0.05) is 36.8 Å². The van der Waals surface area contributed by atoms with Crippen LogP contribution in [0.4, 0.5) is 10.2 Å². The first-order chi connectivity index (χ1) is 16.5. The minimum Gasteiger partial charge on any atom is -0.484 e. The predicted octanol–water partition coefficient (Wildman–Crippen LogP) is 5.06. The summed E-state index contributed by atoms with van der Waals surface area (Å²) in [5.41, 5.74) is 4.92. The van der Waals surface area contributed by atoms with Gasteiger partial charge in [0.15, 0.2) is 6.61 Å². The molecular formula is C25H26FN5O2S. The molecule has 0 aliphatic heterocycles. The molecule has 0 aliphatic carbocycles. The van der Waals surface area contributed by atoms with Crippen molar-refractivity contribution in [1.82, 2.24) is 19.9 Å². The van der Waals surface area contributed by atoms with Crippen molar-refractivity contribution in [1.29, 1.82) is 0 Å². The number of carbonyl (C=O) groups is 1. The van der Waals surface area contributed by atoms with Crippen LogP contribution in [0.25, 0.3) is 21.5 Å². The summed E-state index contributed by atoms with van der Waals surface area (Å²) in [5, 5.41) is 3.18. The SMILES string of the molecule is CCN(CC)C(=O)COc1ccc(F)c(CNc2cc(-c3ccc4ncsc4c3)nc(C)n2)c1. The number of thiazole rings is 1. The van der Waals surface area contributed by atoms with Crippen LogP contribution in [0, 0.1) is 12.7 Å².